The number of hydrogen-bond donors (Lipinski definition) is 4. The molecule has 1 amide bonds. The SMILES string of the molecule is O=C(CSc1nc2nc[nH]c2c(=O)[nH]1)Nc1ccc(S(=O)(=O)Nc2nccs2)cc1. The van der Waals surface area contributed by atoms with Crippen LogP contribution in [0.4, 0.5) is 10.8 Å². The largest absolute Gasteiger partial charge is 0.339 e. The van der Waals surface area contributed by atoms with Gasteiger partial charge in [-0.15, -0.1) is 11.3 Å². The van der Waals surface area contributed by atoms with Crippen LogP contribution in [0.5, 0.6) is 0 Å². The smallest absolute Gasteiger partial charge is 0.277 e. The number of benzene rings is 1. The average molecular weight is 464 g/mol. The molecule has 0 aliphatic heterocycles. The molecule has 11 nitrogen and oxygen atoms in total. The van der Waals surface area contributed by atoms with Crippen molar-refractivity contribution in [3.63, 3.8) is 0 Å². The number of hydrogen-bond acceptors (Lipinski definition) is 9. The van der Waals surface area contributed by atoms with E-state index in [1.165, 1.54) is 48.1 Å². The number of imidazole rings is 1. The van der Waals surface area contributed by atoms with Crippen LogP contribution in [0.15, 0.2) is 57.0 Å². The van der Waals surface area contributed by atoms with Crippen molar-refractivity contribution >= 4 is 61.0 Å². The molecule has 0 fully saturated rings. The van der Waals surface area contributed by atoms with Crippen LogP contribution in [0.2, 0.25) is 0 Å². The third-order valence-corrected chi connectivity index (χ3v) is 6.76. The summed E-state index contributed by atoms with van der Waals surface area (Å²) in [6.07, 6.45) is 2.86. The molecule has 0 unspecified atom stereocenters. The van der Waals surface area contributed by atoms with Gasteiger partial charge in [0.25, 0.3) is 15.6 Å². The fourth-order valence-corrected chi connectivity index (χ4v) is 4.83. The van der Waals surface area contributed by atoms with Gasteiger partial charge in [-0.3, -0.25) is 19.3 Å². The fraction of sp³-hybridized carbons (Fsp3) is 0.0625. The van der Waals surface area contributed by atoms with E-state index >= 15 is 0 Å². The zero-order valence-corrected chi connectivity index (χ0v) is 17.4. The number of thioether (sulfide) groups is 1. The molecule has 4 N–H and O–H groups in total. The molecule has 0 atom stereocenters. The number of aromatic amines is 2. The van der Waals surface area contributed by atoms with E-state index in [1.54, 1.807) is 5.38 Å². The molecule has 154 valence electrons. The van der Waals surface area contributed by atoms with Gasteiger partial charge in [0.2, 0.25) is 5.91 Å². The van der Waals surface area contributed by atoms with Gasteiger partial charge in [0.05, 0.1) is 17.0 Å². The van der Waals surface area contributed by atoms with Crippen molar-refractivity contribution in [2.75, 3.05) is 15.8 Å². The number of carbonyl (C=O) groups is 1. The Labute approximate surface area is 177 Å². The normalized spacial score (nSPS) is 11.5. The molecule has 3 heterocycles. The number of aromatic nitrogens is 5. The van der Waals surface area contributed by atoms with Gasteiger partial charge in [-0.25, -0.2) is 23.4 Å². The Morgan fingerprint density at radius 1 is 1.20 bits per heavy atom. The van der Waals surface area contributed by atoms with Gasteiger partial charge in [0.1, 0.15) is 0 Å². The number of nitrogens with one attached hydrogen (secondary N) is 4. The van der Waals surface area contributed by atoms with Gasteiger partial charge < -0.3 is 10.3 Å². The molecule has 0 aliphatic rings. The van der Waals surface area contributed by atoms with Crippen LogP contribution < -0.4 is 15.6 Å². The summed E-state index contributed by atoms with van der Waals surface area (Å²) in [4.78, 5) is 41.3. The first-order valence-corrected chi connectivity index (χ1v) is 11.6. The van der Waals surface area contributed by atoms with E-state index in [1.807, 2.05) is 0 Å². The molecular weight excluding hydrogens is 450 g/mol. The number of rotatable bonds is 7. The third-order valence-electron chi connectivity index (χ3n) is 3.72. The van der Waals surface area contributed by atoms with Crippen molar-refractivity contribution in [2.24, 2.45) is 0 Å². The number of anilines is 2. The minimum absolute atomic E-state index is 0.00940. The number of amides is 1. The van der Waals surface area contributed by atoms with Crippen LogP contribution in [-0.2, 0) is 14.8 Å². The highest BCUT2D eigenvalue weighted by atomic mass is 32.2. The number of thiazole rings is 1. The first-order valence-electron chi connectivity index (χ1n) is 8.29. The Kier molecular flexibility index (Phi) is 5.52. The van der Waals surface area contributed by atoms with Gasteiger partial charge in [0, 0.05) is 17.3 Å². The highest BCUT2D eigenvalue weighted by molar-refractivity contribution is 7.99. The first-order chi connectivity index (χ1) is 14.4. The Balaban J connectivity index is 1.36. The Morgan fingerprint density at radius 3 is 2.73 bits per heavy atom. The summed E-state index contributed by atoms with van der Waals surface area (Å²) in [5, 5.41) is 4.85. The van der Waals surface area contributed by atoms with Crippen LogP contribution in [0.25, 0.3) is 11.2 Å². The van der Waals surface area contributed by atoms with Gasteiger partial charge in [-0.2, -0.15) is 0 Å². The molecule has 0 radical (unpaired) electrons. The lowest BCUT2D eigenvalue weighted by Gasteiger charge is -2.08. The topological polar surface area (TPSA) is 163 Å². The standard InChI is InChI=1S/C16H13N7O4S3/c24-11(7-29-16-21-13-12(14(25)22-16)18-8-19-13)20-9-1-3-10(4-2-9)30(26,27)23-15-17-5-6-28-15/h1-6,8H,7H2,(H,17,23)(H,20,24)(H2,18,19,21,22,25). The summed E-state index contributed by atoms with van der Waals surface area (Å²) >= 11 is 2.21. The number of fused-ring (bicyclic) bond motifs is 1. The fourth-order valence-electron chi connectivity index (χ4n) is 2.39. The van der Waals surface area contributed by atoms with E-state index in [4.69, 9.17) is 0 Å². The molecule has 4 rings (SSSR count). The molecule has 1 aromatic carbocycles. The number of sulfonamides is 1. The van der Waals surface area contributed by atoms with Crippen molar-refractivity contribution in [3.05, 3.63) is 52.5 Å². The minimum Gasteiger partial charge on any atom is -0.339 e. The quantitative estimate of drug-likeness (QED) is 0.237. The zero-order valence-electron chi connectivity index (χ0n) is 14.9. The third kappa shape index (κ3) is 4.50. The van der Waals surface area contributed by atoms with Crippen LogP contribution >= 0.6 is 23.1 Å². The lowest BCUT2D eigenvalue weighted by molar-refractivity contribution is -0.113. The second-order valence-corrected chi connectivity index (χ2v) is 9.32. The van der Waals surface area contributed by atoms with E-state index in [-0.39, 0.29) is 43.6 Å². The van der Waals surface area contributed by atoms with Gasteiger partial charge in [-0.1, -0.05) is 11.8 Å². The molecule has 30 heavy (non-hydrogen) atoms. The van der Waals surface area contributed by atoms with E-state index in [0.717, 1.165) is 11.8 Å². The second kappa shape index (κ2) is 8.25. The monoisotopic (exact) mass is 463 g/mol. The zero-order chi connectivity index (χ0) is 21.1. The predicted octanol–water partition coefficient (Wildman–Crippen LogP) is 1.63. The molecular formula is C16H13N7O4S3. The lowest BCUT2D eigenvalue weighted by atomic mass is 10.3. The molecule has 0 saturated heterocycles. The predicted molar refractivity (Wildman–Crippen MR) is 113 cm³/mol. The van der Waals surface area contributed by atoms with Crippen molar-refractivity contribution in [3.8, 4) is 0 Å². The van der Waals surface area contributed by atoms with Crippen molar-refractivity contribution in [2.45, 2.75) is 10.1 Å². The van der Waals surface area contributed by atoms with Gasteiger partial charge >= 0.3 is 0 Å². The highest BCUT2D eigenvalue weighted by Crippen LogP contribution is 2.20. The molecule has 0 aliphatic carbocycles. The summed E-state index contributed by atoms with van der Waals surface area (Å²) in [5.74, 6) is -0.355. The summed E-state index contributed by atoms with van der Waals surface area (Å²) in [6, 6.07) is 5.72. The lowest BCUT2D eigenvalue weighted by Crippen LogP contribution is -2.16. The molecule has 14 heteroatoms. The minimum atomic E-state index is -3.76. The molecule has 0 saturated carbocycles. The maximum Gasteiger partial charge on any atom is 0.277 e. The van der Waals surface area contributed by atoms with Crippen molar-refractivity contribution in [1.29, 1.82) is 0 Å². The maximum absolute atomic E-state index is 12.3. The molecule has 0 spiro atoms. The van der Waals surface area contributed by atoms with E-state index in [2.05, 4.69) is 35.0 Å². The Hall–Kier alpha value is -3.23. The van der Waals surface area contributed by atoms with Crippen molar-refractivity contribution < 1.29 is 13.2 Å². The van der Waals surface area contributed by atoms with Crippen LogP contribution in [0.3, 0.4) is 0 Å². The molecule has 4 aromatic rings. The number of H-pyrrole nitrogens is 2. The van der Waals surface area contributed by atoms with Crippen LogP contribution in [0.1, 0.15) is 0 Å². The first kappa shape index (κ1) is 20.1. The second-order valence-electron chi connectivity index (χ2n) is 5.78. The highest BCUT2D eigenvalue weighted by Gasteiger charge is 2.16. The number of carbonyl (C=O) groups excluding carboxylic acids is 1. The number of nitrogens with zero attached hydrogens (tertiary/aromatic N) is 3. The van der Waals surface area contributed by atoms with Crippen molar-refractivity contribution in [1.82, 2.24) is 24.9 Å². The summed E-state index contributed by atoms with van der Waals surface area (Å²) in [6.45, 7) is 0. The maximum atomic E-state index is 12.3. The van der Waals surface area contributed by atoms with Gasteiger partial charge in [-0.05, 0) is 24.3 Å². The molecule has 0 bridgehead atoms. The summed E-state index contributed by atoms with van der Waals surface area (Å²) in [7, 11) is -3.76. The Bertz CT molecular complexity index is 1350. The van der Waals surface area contributed by atoms with Gasteiger partial charge in [0.15, 0.2) is 21.5 Å². The van der Waals surface area contributed by atoms with Crippen LogP contribution in [-0.4, -0.2) is 45.0 Å². The van der Waals surface area contributed by atoms with E-state index < -0.39 is 10.0 Å². The summed E-state index contributed by atoms with van der Waals surface area (Å²) in [5.41, 5.74) is 0.592. The average Bonchev–Trinajstić information content (AvgIpc) is 3.38. The summed E-state index contributed by atoms with van der Waals surface area (Å²) < 4.78 is 27.0. The van der Waals surface area contributed by atoms with E-state index in [0.29, 0.717) is 5.69 Å². The molecule has 3 aromatic heterocycles. The Morgan fingerprint density at radius 2 is 2.00 bits per heavy atom. The van der Waals surface area contributed by atoms with Crippen LogP contribution in [0, 0.1) is 0 Å². The van der Waals surface area contributed by atoms with E-state index in [9.17, 15) is 18.0 Å².